The van der Waals surface area contributed by atoms with Gasteiger partial charge in [-0.15, -0.1) is 0 Å². The van der Waals surface area contributed by atoms with Crippen LogP contribution >= 0.6 is 0 Å². The average Bonchev–Trinajstić information content (AvgIpc) is 2.17. The molecule has 1 rings (SSSR count). The van der Waals surface area contributed by atoms with E-state index >= 15 is 0 Å². The predicted molar refractivity (Wildman–Crippen MR) is 72.7 cm³/mol. The van der Waals surface area contributed by atoms with Crippen molar-refractivity contribution in [2.24, 2.45) is 0 Å². The third kappa shape index (κ3) is 4.19. The first-order valence-corrected chi connectivity index (χ1v) is 5.88. The van der Waals surface area contributed by atoms with Crippen molar-refractivity contribution in [2.75, 3.05) is 6.54 Å². The number of hydrogen-bond acceptors (Lipinski definition) is 1. The van der Waals surface area contributed by atoms with E-state index in [0.29, 0.717) is 0 Å². The Morgan fingerprint density at radius 1 is 1.19 bits per heavy atom. The Morgan fingerprint density at radius 3 is 2.50 bits per heavy atom. The molecule has 1 heteroatoms. The monoisotopic (exact) mass is 217 g/mol. The molecule has 1 N–H and O–H groups in total. The summed E-state index contributed by atoms with van der Waals surface area (Å²) in [6.07, 6.45) is 4.38. The molecule has 0 saturated heterocycles. The van der Waals surface area contributed by atoms with Crippen molar-refractivity contribution in [3.05, 3.63) is 41.0 Å². The van der Waals surface area contributed by atoms with Crippen molar-refractivity contribution in [2.45, 2.75) is 40.2 Å². The molecule has 1 nitrogen and oxygen atoms in total. The minimum Gasteiger partial charge on any atom is -0.309 e. The number of rotatable bonds is 3. The van der Waals surface area contributed by atoms with Gasteiger partial charge in [0.25, 0.3) is 0 Å². The molecule has 0 heterocycles. The second-order valence-corrected chi connectivity index (χ2v) is 5.32. The number of hydrogen-bond donors (Lipinski definition) is 1. The van der Waals surface area contributed by atoms with Gasteiger partial charge in [0, 0.05) is 12.1 Å². The molecule has 0 atom stereocenters. The van der Waals surface area contributed by atoms with Crippen molar-refractivity contribution in [3.8, 4) is 0 Å². The fourth-order valence-corrected chi connectivity index (χ4v) is 1.51. The Hall–Kier alpha value is -1.08. The van der Waals surface area contributed by atoms with Gasteiger partial charge in [-0.3, -0.25) is 0 Å². The normalized spacial score (nSPS) is 12.3. The minimum absolute atomic E-state index is 0.186. The lowest BCUT2D eigenvalue weighted by Gasteiger charge is -2.18. The quantitative estimate of drug-likeness (QED) is 0.814. The Morgan fingerprint density at radius 2 is 1.88 bits per heavy atom. The predicted octanol–water partition coefficient (Wildman–Crippen LogP) is 3.70. The summed E-state index contributed by atoms with van der Waals surface area (Å²) in [5.74, 6) is 0. The summed E-state index contributed by atoms with van der Waals surface area (Å²) < 4.78 is 0. The van der Waals surface area contributed by atoms with Gasteiger partial charge >= 0.3 is 0 Å². The molecule has 0 fully saturated rings. The molecule has 0 aromatic heterocycles. The van der Waals surface area contributed by atoms with Crippen molar-refractivity contribution in [3.63, 3.8) is 0 Å². The second kappa shape index (κ2) is 5.31. The SMILES string of the molecule is Cc1cccc(C=CCNC(C)(C)C)c1C. The molecule has 1 aromatic rings. The first-order chi connectivity index (χ1) is 7.40. The number of nitrogens with one attached hydrogen (secondary N) is 1. The maximum Gasteiger partial charge on any atom is 0.0143 e. The van der Waals surface area contributed by atoms with Gasteiger partial charge in [0.15, 0.2) is 0 Å². The van der Waals surface area contributed by atoms with Gasteiger partial charge < -0.3 is 5.32 Å². The highest BCUT2D eigenvalue weighted by Gasteiger charge is 2.05. The zero-order chi connectivity index (χ0) is 12.2. The molecular weight excluding hydrogens is 194 g/mol. The first kappa shape index (κ1) is 13.0. The van der Waals surface area contributed by atoms with E-state index in [4.69, 9.17) is 0 Å². The molecule has 0 aliphatic carbocycles. The molecule has 16 heavy (non-hydrogen) atoms. The molecule has 0 unspecified atom stereocenters. The van der Waals surface area contributed by atoms with E-state index in [2.05, 4.69) is 70.3 Å². The van der Waals surface area contributed by atoms with Crippen molar-refractivity contribution < 1.29 is 0 Å². The lowest BCUT2D eigenvalue weighted by Crippen LogP contribution is -2.35. The molecule has 0 aliphatic heterocycles. The average molecular weight is 217 g/mol. The van der Waals surface area contributed by atoms with Gasteiger partial charge in [0.1, 0.15) is 0 Å². The molecule has 0 amide bonds. The second-order valence-electron chi connectivity index (χ2n) is 5.32. The van der Waals surface area contributed by atoms with E-state index in [0.717, 1.165) is 6.54 Å². The van der Waals surface area contributed by atoms with E-state index in [9.17, 15) is 0 Å². The molecule has 0 saturated carbocycles. The maximum absolute atomic E-state index is 3.44. The molecule has 0 radical (unpaired) electrons. The van der Waals surface area contributed by atoms with Gasteiger partial charge in [-0.05, 0) is 51.3 Å². The summed E-state index contributed by atoms with van der Waals surface area (Å²) in [5.41, 5.74) is 4.22. The molecule has 0 bridgehead atoms. The zero-order valence-electron chi connectivity index (χ0n) is 11.1. The highest BCUT2D eigenvalue weighted by Crippen LogP contribution is 2.13. The summed E-state index contributed by atoms with van der Waals surface area (Å²) >= 11 is 0. The van der Waals surface area contributed by atoms with Gasteiger partial charge in [-0.1, -0.05) is 30.4 Å². The van der Waals surface area contributed by atoms with Gasteiger partial charge in [-0.2, -0.15) is 0 Å². The van der Waals surface area contributed by atoms with E-state index in [1.54, 1.807) is 0 Å². The first-order valence-electron chi connectivity index (χ1n) is 5.88. The fraction of sp³-hybridized carbons (Fsp3) is 0.467. The van der Waals surface area contributed by atoms with Crippen LogP contribution in [0.4, 0.5) is 0 Å². The molecular formula is C15H23N. The van der Waals surface area contributed by atoms with Crippen molar-refractivity contribution in [1.82, 2.24) is 5.32 Å². The van der Waals surface area contributed by atoms with Crippen LogP contribution in [0.3, 0.4) is 0 Å². The Bertz CT molecular complexity index is 370. The standard InChI is InChI=1S/C15H23N/c1-12-8-6-9-14(13(12)2)10-7-11-16-15(3,4)5/h6-10,16H,11H2,1-5H3. The third-order valence-electron chi connectivity index (χ3n) is 2.69. The Balaban J connectivity index is 2.60. The van der Waals surface area contributed by atoms with E-state index in [1.165, 1.54) is 16.7 Å². The van der Waals surface area contributed by atoms with Crippen LogP contribution in [0.15, 0.2) is 24.3 Å². The van der Waals surface area contributed by atoms with Crippen LogP contribution in [0.2, 0.25) is 0 Å². The Kier molecular flexibility index (Phi) is 4.31. The molecule has 88 valence electrons. The summed E-state index contributed by atoms with van der Waals surface area (Å²) in [5, 5.41) is 3.44. The molecule has 0 spiro atoms. The van der Waals surface area contributed by atoms with Crippen molar-refractivity contribution >= 4 is 6.08 Å². The van der Waals surface area contributed by atoms with Crippen LogP contribution in [0.25, 0.3) is 6.08 Å². The number of benzene rings is 1. The number of aryl methyl sites for hydroxylation is 1. The molecule has 0 aliphatic rings. The van der Waals surface area contributed by atoms with Crippen molar-refractivity contribution in [1.29, 1.82) is 0 Å². The summed E-state index contributed by atoms with van der Waals surface area (Å²) in [6.45, 7) is 11.8. The highest BCUT2D eigenvalue weighted by atomic mass is 14.9. The smallest absolute Gasteiger partial charge is 0.0143 e. The van der Waals surface area contributed by atoms with Crippen LogP contribution < -0.4 is 5.32 Å². The van der Waals surface area contributed by atoms with Gasteiger partial charge in [0.2, 0.25) is 0 Å². The van der Waals surface area contributed by atoms with Crippen LogP contribution in [-0.2, 0) is 0 Å². The van der Waals surface area contributed by atoms with Gasteiger partial charge in [-0.25, -0.2) is 0 Å². The van der Waals surface area contributed by atoms with Crippen LogP contribution in [0.1, 0.15) is 37.5 Å². The van der Waals surface area contributed by atoms with Crippen LogP contribution in [-0.4, -0.2) is 12.1 Å². The van der Waals surface area contributed by atoms with E-state index in [1.807, 2.05) is 0 Å². The lowest BCUT2D eigenvalue weighted by molar-refractivity contribution is 0.450. The fourth-order valence-electron chi connectivity index (χ4n) is 1.51. The summed E-state index contributed by atoms with van der Waals surface area (Å²) in [7, 11) is 0. The van der Waals surface area contributed by atoms with E-state index < -0.39 is 0 Å². The lowest BCUT2D eigenvalue weighted by atomic mass is 10.0. The molecule has 1 aromatic carbocycles. The topological polar surface area (TPSA) is 12.0 Å². The van der Waals surface area contributed by atoms with Crippen LogP contribution in [0, 0.1) is 13.8 Å². The Labute approximate surface area is 99.6 Å². The summed E-state index contributed by atoms with van der Waals surface area (Å²) in [6, 6.07) is 6.43. The third-order valence-corrected chi connectivity index (χ3v) is 2.69. The maximum atomic E-state index is 3.44. The zero-order valence-corrected chi connectivity index (χ0v) is 11.1. The largest absolute Gasteiger partial charge is 0.309 e. The van der Waals surface area contributed by atoms with E-state index in [-0.39, 0.29) is 5.54 Å². The minimum atomic E-state index is 0.186. The summed E-state index contributed by atoms with van der Waals surface area (Å²) in [4.78, 5) is 0. The highest BCUT2D eigenvalue weighted by molar-refractivity contribution is 5.55. The van der Waals surface area contributed by atoms with Crippen LogP contribution in [0.5, 0.6) is 0 Å². The van der Waals surface area contributed by atoms with Gasteiger partial charge in [0.05, 0.1) is 0 Å².